The summed E-state index contributed by atoms with van der Waals surface area (Å²) >= 11 is 0. The Labute approximate surface area is 152 Å². The van der Waals surface area contributed by atoms with Gasteiger partial charge in [0.15, 0.2) is 0 Å². The lowest BCUT2D eigenvalue weighted by molar-refractivity contribution is 0.0698. The second-order valence-electron chi connectivity index (χ2n) is 6.00. The van der Waals surface area contributed by atoms with Crippen molar-refractivity contribution in [2.75, 3.05) is 10.6 Å². The van der Waals surface area contributed by atoms with Crippen molar-refractivity contribution in [1.82, 2.24) is 9.97 Å². The molecule has 0 unspecified atom stereocenters. The van der Waals surface area contributed by atoms with E-state index >= 15 is 0 Å². The molecule has 0 aliphatic rings. The molecule has 0 aliphatic carbocycles. The van der Waals surface area contributed by atoms with Crippen LogP contribution < -0.4 is 10.6 Å². The third kappa shape index (κ3) is 4.36. The summed E-state index contributed by atoms with van der Waals surface area (Å²) in [5.41, 5.74) is 3.04. The van der Waals surface area contributed by atoms with E-state index in [1.165, 1.54) is 5.56 Å². The van der Waals surface area contributed by atoms with Crippen molar-refractivity contribution in [3.05, 3.63) is 77.1 Å². The van der Waals surface area contributed by atoms with Crippen LogP contribution >= 0.6 is 0 Å². The molecule has 0 aliphatic heterocycles. The predicted octanol–water partition coefficient (Wildman–Crippen LogP) is 4.15. The molecule has 6 nitrogen and oxygen atoms in total. The van der Waals surface area contributed by atoms with Crippen LogP contribution in [0.5, 0.6) is 0 Å². The van der Waals surface area contributed by atoms with Gasteiger partial charge in [-0.25, -0.2) is 14.8 Å². The van der Waals surface area contributed by atoms with Gasteiger partial charge < -0.3 is 15.7 Å². The maximum atomic E-state index is 11.3. The molecule has 26 heavy (non-hydrogen) atoms. The standard InChI is InChI=1S/C20H20N4O2/c1-13-6-5-7-15(10-13)12-21-18-11-19(23-14(2)22-18)24-17-9-4-3-8-16(17)20(25)26/h3-11H,12H2,1-2H3,(H,25,26)(H2,21,22,23,24). The summed E-state index contributed by atoms with van der Waals surface area (Å²) in [6.45, 7) is 4.50. The summed E-state index contributed by atoms with van der Waals surface area (Å²) < 4.78 is 0. The topological polar surface area (TPSA) is 87.1 Å². The molecule has 0 saturated carbocycles. The van der Waals surface area contributed by atoms with Crippen LogP contribution in [0.15, 0.2) is 54.6 Å². The predicted molar refractivity (Wildman–Crippen MR) is 102 cm³/mol. The first-order valence-electron chi connectivity index (χ1n) is 8.26. The summed E-state index contributed by atoms with van der Waals surface area (Å²) in [5, 5.41) is 15.7. The van der Waals surface area contributed by atoms with Gasteiger partial charge in [-0.15, -0.1) is 0 Å². The van der Waals surface area contributed by atoms with Crippen LogP contribution in [0.3, 0.4) is 0 Å². The van der Waals surface area contributed by atoms with Crippen molar-refractivity contribution in [2.24, 2.45) is 0 Å². The molecular weight excluding hydrogens is 328 g/mol. The molecule has 0 atom stereocenters. The highest BCUT2D eigenvalue weighted by Crippen LogP contribution is 2.21. The molecule has 2 aromatic carbocycles. The van der Waals surface area contributed by atoms with Gasteiger partial charge in [0.05, 0.1) is 11.3 Å². The van der Waals surface area contributed by atoms with Gasteiger partial charge in [0.2, 0.25) is 0 Å². The highest BCUT2D eigenvalue weighted by molar-refractivity contribution is 5.95. The minimum atomic E-state index is -0.989. The number of benzene rings is 2. The van der Waals surface area contributed by atoms with E-state index in [2.05, 4.69) is 45.7 Å². The Balaban J connectivity index is 1.79. The fourth-order valence-corrected chi connectivity index (χ4v) is 2.65. The van der Waals surface area contributed by atoms with Gasteiger partial charge in [0.25, 0.3) is 0 Å². The fourth-order valence-electron chi connectivity index (χ4n) is 2.65. The van der Waals surface area contributed by atoms with Crippen molar-refractivity contribution in [1.29, 1.82) is 0 Å². The number of carboxylic acid groups (broad SMARTS) is 1. The van der Waals surface area contributed by atoms with Crippen LogP contribution in [0.1, 0.15) is 27.3 Å². The number of anilines is 3. The van der Waals surface area contributed by atoms with Crippen LogP contribution in [0.25, 0.3) is 0 Å². The van der Waals surface area contributed by atoms with Gasteiger partial charge >= 0.3 is 5.97 Å². The monoisotopic (exact) mass is 348 g/mol. The van der Waals surface area contributed by atoms with E-state index < -0.39 is 5.97 Å². The first-order chi connectivity index (χ1) is 12.5. The summed E-state index contributed by atoms with van der Waals surface area (Å²) in [6, 6.07) is 16.7. The minimum absolute atomic E-state index is 0.193. The van der Waals surface area contributed by atoms with Crippen molar-refractivity contribution in [2.45, 2.75) is 20.4 Å². The Morgan fingerprint density at radius 1 is 1.00 bits per heavy atom. The van der Waals surface area contributed by atoms with Gasteiger partial charge in [-0.05, 0) is 31.5 Å². The van der Waals surface area contributed by atoms with Gasteiger partial charge in [-0.2, -0.15) is 0 Å². The average molecular weight is 348 g/mol. The summed E-state index contributed by atoms with van der Waals surface area (Å²) in [7, 11) is 0. The van der Waals surface area contributed by atoms with Crippen molar-refractivity contribution < 1.29 is 9.90 Å². The second-order valence-corrected chi connectivity index (χ2v) is 6.00. The van der Waals surface area contributed by atoms with Crippen LogP contribution in [0.2, 0.25) is 0 Å². The quantitative estimate of drug-likeness (QED) is 0.620. The molecule has 132 valence electrons. The molecule has 1 aromatic heterocycles. The molecule has 0 fully saturated rings. The van der Waals surface area contributed by atoms with Crippen molar-refractivity contribution >= 4 is 23.3 Å². The van der Waals surface area contributed by atoms with E-state index in [9.17, 15) is 9.90 Å². The van der Waals surface area contributed by atoms with Crippen molar-refractivity contribution in [3.63, 3.8) is 0 Å². The van der Waals surface area contributed by atoms with E-state index in [4.69, 9.17) is 0 Å². The van der Waals surface area contributed by atoms with E-state index in [-0.39, 0.29) is 5.56 Å². The van der Waals surface area contributed by atoms with Gasteiger partial charge in [0.1, 0.15) is 17.5 Å². The molecule has 0 radical (unpaired) electrons. The fraction of sp³-hybridized carbons (Fsp3) is 0.150. The summed E-state index contributed by atoms with van der Waals surface area (Å²) in [5.74, 6) is 0.818. The Morgan fingerprint density at radius 2 is 1.77 bits per heavy atom. The van der Waals surface area contributed by atoms with Crippen LogP contribution in [0.4, 0.5) is 17.3 Å². The molecule has 0 amide bonds. The van der Waals surface area contributed by atoms with Crippen LogP contribution in [-0.2, 0) is 6.54 Å². The molecule has 0 saturated heterocycles. The number of hydrogen-bond donors (Lipinski definition) is 3. The smallest absolute Gasteiger partial charge is 0.337 e. The van der Waals surface area contributed by atoms with Crippen LogP contribution in [0, 0.1) is 13.8 Å². The Bertz CT molecular complexity index is 941. The first-order valence-corrected chi connectivity index (χ1v) is 8.26. The third-order valence-corrected chi connectivity index (χ3v) is 3.81. The first kappa shape index (κ1) is 17.4. The third-order valence-electron chi connectivity index (χ3n) is 3.81. The molecule has 3 N–H and O–H groups in total. The average Bonchev–Trinajstić information content (AvgIpc) is 2.60. The number of hydrogen-bond acceptors (Lipinski definition) is 5. The van der Waals surface area contributed by atoms with Crippen LogP contribution in [-0.4, -0.2) is 21.0 Å². The highest BCUT2D eigenvalue weighted by atomic mass is 16.4. The van der Waals surface area contributed by atoms with Gasteiger partial charge in [-0.3, -0.25) is 0 Å². The Kier molecular flexibility index (Phi) is 5.12. The maximum absolute atomic E-state index is 11.3. The van der Waals surface area contributed by atoms with E-state index in [1.54, 1.807) is 37.3 Å². The molecule has 6 heteroatoms. The number of aromatic nitrogens is 2. The lowest BCUT2D eigenvalue weighted by Gasteiger charge is -2.12. The lowest BCUT2D eigenvalue weighted by Crippen LogP contribution is -2.07. The Hall–Kier alpha value is -3.41. The number of carbonyl (C=O) groups is 1. The summed E-state index contributed by atoms with van der Waals surface area (Å²) in [4.78, 5) is 20.1. The van der Waals surface area contributed by atoms with E-state index in [0.717, 1.165) is 5.56 Å². The van der Waals surface area contributed by atoms with E-state index in [1.807, 2.05) is 6.07 Å². The molecular formula is C20H20N4O2. The molecule has 3 aromatic rings. The normalized spacial score (nSPS) is 10.4. The zero-order chi connectivity index (χ0) is 18.5. The molecule has 0 bridgehead atoms. The number of nitrogens with zero attached hydrogens (tertiary/aromatic N) is 2. The second kappa shape index (κ2) is 7.65. The molecule has 0 spiro atoms. The lowest BCUT2D eigenvalue weighted by atomic mass is 10.1. The number of para-hydroxylation sites is 1. The van der Waals surface area contributed by atoms with Gasteiger partial charge in [0, 0.05) is 12.6 Å². The van der Waals surface area contributed by atoms with Gasteiger partial charge in [-0.1, -0.05) is 42.0 Å². The molecule has 1 heterocycles. The zero-order valence-electron chi connectivity index (χ0n) is 14.7. The van der Waals surface area contributed by atoms with E-state index in [0.29, 0.717) is 29.7 Å². The summed E-state index contributed by atoms with van der Waals surface area (Å²) in [6.07, 6.45) is 0. The number of carboxylic acids is 1. The number of aryl methyl sites for hydroxylation is 2. The zero-order valence-corrected chi connectivity index (χ0v) is 14.7. The largest absolute Gasteiger partial charge is 0.478 e. The maximum Gasteiger partial charge on any atom is 0.337 e. The number of aromatic carboxylic acids is 1. The van der Waals surface area contributed by atoms with Crippen molar-refractivity contribution in [3.8, 4) is 0 Å². The number of nitrogens with one attached hydrogen (secondary N) is 2. The highest BCUT2D eigenvalue weighted by Gasteiger charge is 2.10. The SMILES string of the molecule is Cc1cccc(CNc2cc(Nc3ccccc3C(=O)O)nc(C)n2)c1. The molecule has 3 rings (SSSR count). The number of rotatable bonds is 6. The minimum Gasteiger partial charge on any atom is -0.478 e. The Morgan fingerprint density at radius 3 is 2.54 bits per heavy atom.